The Hall–Kier alpha value is -1.78. The monoisotopic (exact) mass is 237 g/mol. The predicted octanol–water partition coefficient (Wildman–Crippen LogP) is 1.40. The molecule has 1 aliphatic heterocycles. The molecule has 0 radical (unpaired) electrons. The molecule has 0 unspecified atom stereocenters. The minimum absolute atomic E-state index is 0.0951. The van der Waals surface area contributed by atoms with Crippen molar-refractivity contribution < 1.29 is 14.3 Å². The molecule has 0 amide bonds. The number of hydrogen-bond acceptors (Lipinski definition) is 4. The van der Waals surface area contributed by atoms with Gasteiger partial charge in [0.05, 0.1) is 0 Å². The van der Waals surface area contributed by atoms with Crippen LogP contribution in [0.1, 0.15) is 26.0 Å². The van der Waals surface area contributed by atoms with Gasteiger partial charge < -0.3 is 14.5 Å². The average Bonchev–Trinajstić information content (AvgIpc) is 2.60. The summed E-state index contributed by atoms with van der Waals surface area (Å²) in [6, 6.07) is 1.65. The van der Waals surface area contributed by atoms with E-state index in [0.717, 1.165) is 0 Å². The van der Waals surface area contributed by atoms with Gasteiger partial charge in [-0.25, -0.2) is 0 Å². The van der Waals surface area contributed by atoms with E-state index in [0.29, 0.717) is 17.9 Å². The molecule has 0 aliphatic carbocycles. The van der Waals surface area contributed by atoms with E-state index in [9.17, 15) is 9.59 Å². The van der Waals surface area contributed by atoms with Crippen LogP contribution in [0.3, 0.4) is 0 Å². The molecule has 5 heteroatoms. The van der Waals surface area contributed by atoms with Crippen LogP contribution in [0.5, 0.6) is 11.5 Å². The highest BCUT2D eigenvalue weighted by Crippen LogP contribution is 2.31. The number of rotatable bonds is 3. The van der Waals surface area contributed by atoms with Crippen LogP contribution in [0.2, 0.25) is 0 Å². The highest BCUT2D eigenvalue weighted by molar-refractivity contribution is 5.83. The van der Waals surface area contributed by atoms with Gasteiger partial charge in [-0.15, -0.1) is 0 Å². The zero-order valence-electron chi connectivity index (χ0n) is 10.1. The summed E-state index contributed by atoms with van der Waals surface area (Å²) in [5.41, 5.74) is 0.314. The second kappa shape index (κ2) is 4.24. The fourth-order valence-corrected chi connectivity index (χ4v) is 1.72. The number of H-pyrrole nitrogens is 1. The van der Waals surface area contributed by atoms with Crippen molar-refractivity contribution in [3.63, 3.8) is 0 Å². The van der Waals surface area contributed by atoms with Crippen LogP contribution in [-0.4, -0.2) is 17.1 Å². The molecule has 1 N–H and O–H groups in total. The molecule has 92 valence electrons. The summed E-state index contributed by atoms with van der Waals surface area (Å²) in [5.74, 6) is 0.526. The Morgan fingerprint density at radius 3 is 2.82 bits per heavy atom. The van der Waals surface area contributed by atoms with Crippen LogP contribution in [0, 0.1) is 12.8 Å². The van der Waals surface area contributed by atoms with Crippen molar-refractivity contribution in [2.24, 2.45) is 5.92 Å². The molecule has 0 saturated heterocycles. The lowest BCUT2D eigenvalue weighted by atomic mass is 10.1. The largest absolute Gasteiger partial charge is 0.444 e. The van der Waals surface area contributed by atoms with Crippen LogP contribution < -0.4 is 15.0 Å². The van der Waals surface area contributed by atoms with Gasteiger partial charge in [-0.05, 0) is 12.8 Å². The molecular weight excluding hydrogens is 222 g/mol. The van der Waals surface area contributed by atoms with Gasteiger partial charge in [0.2, 0.25) is 11.5 Å². The molecule has 2 rings (SSSR count). The highest BCUT2D eigenvalue weighted by Gasteiger charge is 2.32. The van der Waals surface area contributed by atoms with E-state index >= 15 is 0 Å². The van der Waals surface area contributed by atoms with Crippen LogP contribution >= 0.6 is 0 Å². The number of aromatic amines is 1. The van der Waals surface area contributed by atoms with E-state index in [1.807, 2.05) is 13.8 Å². The topological polar surface area (TPSA) is 68.4 Å². The van der Waals surface area contributed by atoms with Gasteiger partial charge in [0.1, 0.15) is 0 Å². The first-order valence-electron chi connectivity index (χ1n) is 5.57. The van der Waals surface area contributed by atoms with Crippen LogP contribution in [0.4, 0.5) is 0 Å². The molecule has 1 aliphatic rings. The number of carbonyl (C=O) groups excluding carboxylic acids is 1. The summed E-state index contributed by atoms with van der Waals surface area (Å²) in [4.78, 5) is 25.9. The van der Waals surface area contributed by atoms with Crippen molar-refractivity contribution in [2.75, 3.05) is 0 Å². The van der Waals surface area contributed by atoms with E-state index in [2.05, 4.69) is 4.98 Å². The van der Waals surface area contributed by atoms with E-state index in [1.165, 1.54) is 0 Å². The number of nitrogens with one attached hydrogen (secondary N) is 1. The van der Waals surface area contributed by atoms with Crippen LogP contribution in [0.25, 0.3) is 0 Å². The summed E-state index contributed by atoms with van der Waals surface area (Å²) in [5, 5.41) is 0. The van der Waals surface area contributed by atoms with Crippen molar-refractivity contribution in [1.82, 2.24) is 4.98 Å². The van der Waals surface area contributed by atoms with Crippen molar-refractivity contribution in [2.45, 2.75) is 33.5 Å². The number of aryl methyl sites for hydroxylation is 1. The number of pyridine rings is 1. The maximum Gasteiger partial charge on any atom is 0.301 e. The van der Waals surface area contributed by atoms with E-state index in [-0.39, 0.29) is 23.0 Å². The molecular formula is C12H15NO4. The summed E-state index contributed by atoms with van der Waals surface area (Å²) >= 11 is 0. The lowest BCUT2D eigenvalue weighted by Gasteiger charge is -2.09. The van der Waals surface area contributed by atoms with Crippen molar-refractivity contribution in [1.29, 1.82) is 0 Å². The molecule has 0 saturated carbocycles. The maximum atomic E-state index is 11.8. The predicted molar refractivity (Wildman–Crippen MR) is 61.3 cm³/mol. The molecule has 1 atom stereocenters. The van der Waals surface area contributed by atoms with Gasteiger partial charge in [0.15, 0.2) is 5.75 Å². The lowest BCUT2D eigenvalue weighted by Crippen LogP contribution is -2.30. The third-order valence-electron chi connectivity index (χ3n) is 2.42. The summed E-state index contributed by atoms with van der Waals surface area (Å²) in [6.07, 6.45) is -0.606. The number of fused-ring (bicyclic) bond motifs is 1. The molecule has 0 aromatic carbocycles. The number of Topliss-reactive ketones (excluding diaryl/α,β-unsaturated/α-hetero) is 1. The quantitative estimate of drug-likeness (QED) is 0.862. The van der Waals surface area contributed by atoms with Gasteiger partial charge >= 0.3 is 6.29 Å². The maximum absolute atomic E-state index is 11.8. The van der Waals surface area contributed by atoms with Gasteiger partial charge in [-0.1, -0.05) is 13.8 Å². The minimum atomic E-state index is -0.977. The zero-order valence-corrected chi connectivity index (χ0v) is 10.1. The van der Waals surface area contributed by atoms with E-state index in [4.69, 9.17) is 9.47 Å². The Morgan fingerprint density at radius 2 is 2.18 bits per heavy atom. The molecule has 1 aromatic rings. The second-order valence-corrected chi connectivity index (χ2v) is 4.61. The Morgan fingerprint density at radius 1 is 1.47 bits per heavy atom. The molecule has 0 fully saturated rings. The molecule has 1 aromatic heterocycles. The Balaban J connectivity index is 2.19. The minimum Gasteiger partial charge on any atom is -0.444 e. The first kappa shape index (κ1) is 11.7. The van der Waals surface area contributed by atoms with Gasteiger partial charge in [0.25, 0.3) is 5.56 Å². The first-order valence-corrected chi connectivity index (χ1v) is 5.57. The Kier molecular flexibility index (Phi) is 2.92. The highest BCUT2D eigenvalue weighted by atomic mass is 16.7. The Bertz CT molecular complexity index is 504. The lowest BCUT2D eigenvalue weighted by molar-refractivity contribution is -0.135. The molecule has 17 heavy (non-hydrogen) atoms. The average molecular weight is 237 g/mol. The third kappa shape index (κ3) is 2.33. The third-order valence-corrected chi connectivity index (χ3v) is 2.42. The summed E-state index contributed by atoms with van der Waals surface area (Å²) in [6.45, 7) is 5.63. The molecule has 0 spiro atoms. The van der Waals surface area contributed by atoms with Gasteiger partial charge in [-0.2, -0.15) is 0 Å². The zero-order chi connectivity index (χ0) is 12.6. The first-order chi connectivity index (χ1) is 7.97. The fourth-order valence-electron chi connectivity index (χ4n) is 1.72. The SMILES string of the molecule is Cc1cc2c(c(=O)[nH]1)O[C@H](C(=O)CC(C)C)O2. The van der Waals surface area contributed by atoms with E-state index < -0.39 is 6.29 Å². The summed E-state index contributed by atoms with van der Waals surface area (Å²) < 4.78 is 10.6. The Labute approximate surface area is 98.7 Å². The van der Waals surface area contributed by atoms with Crippen LogP contribution in [-0.2, 0) is 4.79 Å². The summed E-state index contributed by atoms with van der Waals surface area (Å²) in [7, 11) is 0. The fraction of sp³-hybridized carbons (Fsp3) is 0.500. The number of aromatic nitrogens is 1. The molecule has 2 heterocycles. The normalized spacial score (nSPS) is 17.5. The van der Waals surface area contributed by atoms with Crippen molar-refractivity contribution in [3.8, 4) is 11.5 Å². The standard InChI is InChI=1S/C12H15NO4/c1-6(2)4-8(14)12-16-9-5-7(3)13-11(15)10(9)17-12/h5-6,12H,4H2,1-3H3,(H,13,15)/t12-/m1/s1. The van der Waals surface area contributed by atoms with Gasteiger partial charge in [-0.3, -0.25) is 9.59 Å². The number of ether oxygens (including phenoxy) is 2. The number of hydrogen-bond donors (Lipinski definition) is 1. The second-order valence-electron chi connectivity index (χ2n) is 4.61. The van der Waals surface area contributed by atoms with Gasteiger partial charge in [0, 0.05) is 18.2 Å². The van der Waals surface area contributed by atoms with Crippen LogP contribution in [0.15, 0.2) is 10.9 Å². The molecule has 5 nitrogen and oxygen atoms in total. The van der Waals surface area contributed by atoms with Crippen molar-refractivity contribution >= 4 is 5.78 Å². The van der Waals surface area contributed by atoms with E-state index in [1.54, 1.807) is 13.0 Å². The molecule has 0 bridgehead atoms. The number of ketones is 1. The van der Waals surface area contributed by atoms with Crippen molar-refractivity contribution in [3.05, 3.63) is 22.1 Å². The smallest absolute Gasteiger partial charge is 0.301 e. The number of carbonyl (C=O) groups is 1.